The molecule has 3 heterocycles. The third-order valence-corrected chi connectivity index (χ3v) is 8.67. The molecule has 6 rings (SSSR count). The number of aryl methyl sites for hydroxylation is 1. The highest BCUT2D eigenvalue weighted by Gasteiger charge is 2.23. The lowest BCUT2D eigenvalue weighted by Gasteiger charge is -2.23. The Morgan fingerprint density at radius 1 is 0.933 bits per heavy atom. The maximum atomic E-state index is 15.1. The van der Waals surface area contributed by atoms with Crippen LogP contribution in [0.4, 0.5) is 24.8 Å². The molecule has 0 aliphatic carbocycles. The van der Waals surface area contributed by atoms with Crippen molar-refractivity contribution in [3.8, 4) is 22.9 Å². The predicted octanol–water partition coefficient (Wildman–Crippen LogP) is 6.32. The second-order valence-corrected chi connectivity index (χ2v) is 12.4. The van der Waals surface area contributed by atoms with Gasteiger partial charge in [0.05, 0.1) is 16.9 Å². The van der Waals surface area contributed by atoms with Gasteiger partial charge in [0.25, 0.3) is 0 Å². The molecule has 1 atom stereocenters. The van der Waals surface area contributed by atoms with Crippen LogP contribution in [0.1, 0.15) is 24.0 Å². The first-order chi connectivity index (χ1) is 21.7. The minimum atomic E-state index is -4.43. The molecule has 1 aliphatic rings. The Hall–Kier alpha value is -4.75. The molecule has 1 unspecified atom stereocenters. The van der Waals surface area contributed by atoms with Gasteiger partial charge in [0, 0.05) is 41.3 Å². The van der Waals surface area contributed by atoms with Gasteiger partial charge in [0.1, 0.15) is 29.0 Å². The van der Waals surface area contributed by atoms with E-state index in [0.717, 1.165) is 50.2 Å². The summed E-state index contributed by atoms with van der Waals surface area (Å²) < 4.78 is 78.1. The molecule has 0 spiro atoms. The summed E-state index contributed by atoms with van der Waals surface area (Å²) in [4.78, 5) is 13.5. The lowest BCUT2D eigenvalue weighted by molar-refractivity contribution is 0.466. The second-order valence-electron chi connectivity index (χ2n) is 10.7. The topological polar surface area (TPSA) is 118 Å². The molecule has 3 aromatic carbocycles. The van der Waals surface area contributed by atoms with Crippen molar-refractivity contribution >= 4 is 32.4 Å². The van der Waals surface area contributed by atoms with E-state index in [1.54, 1.807) is 49.6 Å². The van der Waals surface area contributed by atoms with E-state index in [-0.39, 0.29) is 23.0 Å². The van der Waals surface area contributed by atoms with Crippen LogP contribution in [0.5, 0.6) is 11.6 Å². The van der Waals surface area contributed by atoms with Gasteiger partial charge >= 0.3 is 0 Å². The van der Waals surface area contributed by atoms with Crippen molar-refractivity contribution in [2.24, 2.45) is 0 Å². The number of pyridine rings is 1. The Labute approximate surface area is 258 Å². The number of benzene rings is 3. The normalized spacial score (nSPS) is 15.2. The van der Waals surface area contributed by atoms with Gasteiger partial charge in [-0.3, -0.25) is 4.72 Å². The summed E-state index contributed by atoms with van der Waals surface area (Å²) in [6, 6.07) is 14.3. The Morgan fingerprint density at radius 2 is 1.73 bits per heavy atom. The monoisotopic (exact) mass is 634 g/mol. The smallest absolute Gasteiger partial charge is 0.237 e. The molecule has 13 heteroatoms. The highest BCUT2D eigenvalue weighted by atomic mass is 32.2. The first kappa shape index (κ1) is 30.3. The van der Waals surface area contributed by atoms with Crippen molar-refractivity contribution in [3.63, 3.8) is 0 Å². The zero-order chi connectivity index (χ0) is 31.6. The van der Waals surface area contributed by atoms with E-state index in [1.807, 2.05) is 0 Å². The zero-order valence-corrected chi connectivity index (χ0v) is 25.0. The molecule has 1 saturated heterocycles. The molecular weight excluding hydrogens is 605 g/mol. The predicted molar refractivity (Wildman–Crippen MR) is 166 cm³/mol. The van der Waals surface area contributed by atoms with E-state index in [1.165, 1.54) is 6.07 Å². The van der Waals surface area contributed by atoms with Crippen molar-refractivity contribution in [1.29, 1.82) is 0 Å². The summed E-state index contributed by atoms with van der Waals surface area (Å²) >= 11 is 0. The van der Waals surface area contributed by atoms with Gasteiger partial charge in [-0.2, -0.15) is 0 Å². The van der Waals surface area contributed by atoms with Crippen LogP contribution in [-0.2, 0) is 15.8 Å². The number of halogens is 3. The molecule has 45 heavy (non-hydrogen) atoms. The number of nitrogens with one attached hydrogen (secondary N) is 3. The fourth-order valence-electron chi connectivity index (χ4n) is 5.25. The number of rotatable bonds is 9. The molecular formula is C32H29F3N6O3S. The largest absolute Gasteiger partial charge is 0.437 e. The summed E-state index contributed by atoms with van der Waals surface area (Å²) in [5.41, 5.74) is 0.793. The van der Waals surface area contributed by atoms with Crippen LogP contribution in [0.2, 0.25) is 0 Å². The van der Waals surface area contributed by atoms with Crippen molar-refractivity contribution in [1.82, 2.24) is 20.3 Å². The van der Waals surface area contributed by atoms with Gasteiger partial charge in [-0.25, -0.2) is 36.5 Å². The van der Waals surface area contributed by atoms with Crippen molar-refractivity contribution in [2.75, 3.05) is 23.1 Å². The van der Waals surface area contributed by atoms with Crippen LogP contribution >= 0.6 is 0 Å². The van der Waals surface area contributed by atoms with Crippen LogP contribution in [0.25, 0.3) is 22.0 Å². The minimum Gasteiger partial charge on any atom is -0.437 e. The molecule has 1 aliphatic heterocycles. The number of aromatic nitrogens is 3. The summed E-state index contributed by atoms with van der Waals surface area (Å²) in [7, 11) is -4.43. The van der Waals surface area contributed by atoms with Crippen LogP contribution in [0.3, 0.4) is 0 Å². The first-order valence-corrected chi connectivity index (χ1v) is 15.9. The van der Waals surface area contributed by atoms with Gasteiger partial charge in [-0.1, -0.05) is 18.2 Å². The fraction of sp³-hybridized carbons (Fsp3) is 0.219. The molecule has 0 amide bonds. The van der Waals surface area contributed by atoms with E-state index >= 15 is 4.39 Å². The number of piperidine rings is 1. The quantitative estimate of drug-likeness (QED) is 0.173. The summed E-state index contributed by atoms with van der Waals surface area (Å²) in [6.45, 7) is 3.58. The summed E-state index contributed by atoms with van der Waals surface area (Å²) in [5.74, 6) is -2.93. The van der Waals surface area contributed by atoms with E-state index in [0.29, 0.717) is 33.9 Å². The lowest BCUT2D eigenvalue weighted by atomic mass is 10.0. The van der Waals surface area contributed by atoms with E-state index in [4.69, 9.17) is 4.74 Å². The fourth-order valence-corrected chi connectivity index (χ4v) is 6.50. The van der Waals surface area contributed by atoms with Crippen molar-refractivity contribution in [3.05, 3.63) is 102 Å². The highest BCUT2D eigenvalue weighted by Crippen LogP contribution is 2.40. The maximum Gasteiger partial charge on any atom is 0.237 e. The third kappa shape index (κ3) is 6.69. The number of fused-ring (bicyclic) bond motifs is 1. The second kappa shape index (κ2) is 12.7. The van der Waals surface area contributed by atoms with Crippen LogP contribution < -0.4 is 20.1 Å². The van der Waals surface area contributed by atoms with Crippen molar-refractivity contribution in [2.45, 2.75) is 31.6 Å². The van der Waals surface area contributed by atoms with Gasteiger partial charge in [0.15, 0.2) is 0 Å². The standard InChI is InChI=1S/C32H29F3N6O3S/c1-19-9-10-21-22(11-12-27(35)29(21)41-45(42,43)18-24-25(33)7-2-8-26(24)34)30(19)44-31-23(6-4-15-37-31)28-13-16-38-32(40-28)39-20-5-3-14-36-17-20/h2,4,6-13,15-16,20,36,41H,3,5,14,17-18H2,1H3,(H,38,39,40). The summed E-state index contributed by atoms with van der Waals surface area (Å²) in [5, 5.41) is 7.29. The Balaban J connectivity index is 1.33. The Morgan fingerprint density at radius 3 is 2.51 bits per heavy atom. The van der Waals surface area contributed by atoms with Gasteiger partial charge in [-0.05, 0) is 74.3 Å². The van der Waals surface area contributed by atoms with Crippen molar-refractivity contribution < 1.29 is 26.3 Å². The van der Waals surface area contributed by atoms with E-state index < -0.39 is 38.8 Å². The van der Waals surface area contributed by atoms with Gasteiger partial charge < -0.3 is 15.4 Å². The molecule has 0 radical (unpaired) electrons. The third-order valence-electron chi connectivity index (χ3n) is 7.48. The number of anilines is 2. The van der Waals surface area contributed by atoms with E-state index in [9.17, 15) is 17.2 Å². The minimum absolute atomic E-state index is 0.181. The number of hydrogen-bond donors (Lipinski definition) is 3. The highest BCUT2D eigenvalue weighted by molar-refractivity contribution is 7.91. The molecule has 9 nitrogen and oxygen atoms in total. The Kier molecular flexibility index (Phi) is 8.55. The lowest BCUT2D eigenvalue weighted by Crippen LogP contribution is -2.38. The summed E-state index contributed by atoms with van der Waals surface area (Å²) in [6.07, 6.45) is 5.27. The Bertz CT molecular complexity index is 1970. The van der Waals surface area contributed by atoms with E-state index in [2.05, 4.69) is 30.3 Å². The molecule has 3 N–H and O–H groups in total. The number of hydrogen-bond acceptors (Lipinski definition) is 8. The van der Waals surface area contributed by atoms with Gasteiger partial charge in [-0.15, -0.1) is 0 Å². The SMILES string of the molecule is Cc1ccc2c(NS(=O)(=O)Cc3c(F)cccc3F)c(F)ccc2c1Oc1ncccc1-c1ccnc(NC2CCCNC2)n1. The van der Waals surface area contributed by atoms with Gasteiger partial charge in [0.2, 0.25) is 21.9 Å². The van der Waals surface area contributed by atoms with Crippen LogP contribution in [0.15, 0.2) is 73.1 Å². The average Bonchev–Trinajstić information content (AvgIpc) is 3.02. The first-order valence-electron chi connectivity index (χ1n) is 14.3. The molecule has 232 valence electrons. The number of ether oxygens (including phenoxy) is 1. The zero-order valence-electron chi connectivity index (χ0n) is 24.1. The van der Waals surface area contributed by atoms with Crippen LogP contribution in [0, 0.1) is 24.4 Å². The molecule has 5 aromatic rings. The molecule has 0 saturated carbocycles. The van der Waals surface area contributed by atoms with Crippen LogP contribution in [-0.4, -0.2) is 42.5 Å². The maximum absolute atomic E-state index is 15.1. The molecule has 2 aromatic heterocycles. The average molecular weight is 635 g/mol. The number of nitrogens with zero attached hydrogens (tertiary/aromatic N) is 3. The molecule has 0 bridgehead atoms. The number of sulfonamides is 1. The molecule has 1 fully saturated rings.